The largest absolute Gasteiger partial charge is 0.483 e. The van der Waals surface area contributed by atoms with Crippen LogP contribution < -0.4 is 9.64 Å². The first-order chi connectivity index (χ1) is 14.4. The van der Waals surface area contributed by atoms with E-state index >= 15 is 0 Å². The van der Waals surface area contributed by atoms with Gasteiger partial charge < -0.3 is 9.64 Å². The van der Waals surface area contributed by atoms with Crippen LogP contribution in [0.1, 0.15) is 36.0 Å². The molecule has 30 heavy (non-hydrogen) atoms. The Morgan fingerprint density at radius 3 is 2.40 bits per heavy atom. The fourth-order valence-electron chi connectivity index (χ4n) is 4.31. The summed E-state index contributed by atoms with van der Waals surface area (Å²) in [5.74, 6) is 0.629. The predicted molar refractivity (Wildman–Crippen MR) is 117 cm³/mol. The molecule has 7 heteroatoms. The van der Waals surface area contributed by atoms with Crippen molar-refractivity contribution in [3.05, 3.63) is 53.1 Å². The Labute approximate surface area is 178 Å². The van der Waals surface area contributed by atoms with Gasteiger partial charge in [-0.3, -0.25) is 4.79 Å². The molecular weight excluding hydrogens is 400 g/mol. The lowest BCUT2D eigenvalue weighted by Gasteiger charge is -2.30. The number of fused-ring (bicyclic) bond motifs is 1. The number of aryl methyl sites for hydroxylation is 3. The van der Waals surface area contributed by atoms with E-state index in [1.54, 1.807) is 27.4 Å². The molecule has 0 N–H and O–H groups in total. The highest BCUT2D eigenvalue weighted by Gasteiger charge is 2.29. The first kappa shape index (κ1) is 20.9. The van der Waals surface area contributed by atoms with E-state index in [2.05, 4.69) is 0 Å². The van der Waals surface area contributed by atoms with E-state index < -0.39 is 10.0 Å². The number of para-hydroxylation sites is 1. The van der Waals surface area contributed by atoms with E-state index in [0.717, 1.165) is 53.8 Å². The number of ether oxygens (including phenoxy) is 1. The van der Waals surface area contributed by atoms with Crippen LogP contribution in [0.15, 0.2) is 41.3 Å². The summed E-state index contributed by atoms with van der Waals surface area (Å²) < 4.78 is 33.2. The van der Waals surface area contributed by atoms with Crippen LogP contribution in [0.5, 0.6) is 5.75 Å². The van der Waals surface area contributed by atoms with Crippen LogP contribution in [-0.2, 0) is 21.2 Å². The van der Waals surface area contributed by atoms with Crippen LogP contribution in [0, 0.1) is 13.8 Å². The van der Waals surface area contributed by atoms with Crippen molar-refractivity contribution in [2.24, 2.45) is 0 Å². The van der Waals surface area contributed by atoms with Gasteiger partial charge in [-0.2, -0.15) is 4.31 Å². The zero-order chi connectivity index (χ0) is 21.3. The van der Waals surface area contributed by atoms with Crippen molar-refractivity contribution in [1.82, 2.24) is 4.31 Å². The lowest BCUT2D eigenvalue weighted by molar-refractivity contribution is -0.120. The quantitative estimate of drug-likeness (QED) is 0.732. The fraction of sp³-hybridized carbons (Fsp3) is 0.435. The van der Waals surface area contributed by atoms with Crippen molar-refractivity contribution < 1.29 is 17.9 Å². The number of carbonyl (C=O) groups is 1. The number of sulfonamides is 1. The third-order valence-corrected chi connectivity index (χ3v) is 7.82. The molecule has 0 spiro atoms. The molecule has 160 valence electrons. The summed E-state index contributed by atoms with van der Waals surface area (Å²) in [5.41, 5.74) is 3.69. The van der Waals surface area contributed by atoms with Gasteiger partial charge >= 0.3 is 0 Å². The Balaban J connectivity index is 1.53. The van der Waals surface area contributed by atoms with Crippen LogP contribution in [0.3, 0.4) is 0 Å². The zero-order valence-corrected chi connectivity index (χ0v) is 18.4. The van der Waals surface area contributed by atoms with Crippen molar-refractivity contribution in [2.75, 3.05) is 31.1 Å². The van der Waals surface area contributed by atoms with E-state index in [0.29, 0.717) is 24.5 Å². The highest BCUT2D eigenvalue weighted by molar-refractivity contribution is 7.89. The molecule has 0 bridgehead atoms. The smallest absolute Gasteiger partial charge is 0.264 e. The lowest BCUT2D eigenvalue weighted by Crippen LogP contribution is -2.39. The lowest BCUT2D eigenvalue weighted by atomic mass is 10.0. The Kier molecular flexibility index (Phi) is 5.84. The topological polar surface area (TPSA) is 66.9 Å². The third-order valence-electron chi connectivity index (χ3n) is 5.92. The third kappa shape index (κ3) is 3.96. The Morgan fingerprint density at radius 1 is 1.00 bits per heavy atom. The summed E-state index contributed by atoms with van der Waals surface area (Å²) in [7, 11) is -3.46. The molecule has 6 nitrogen and oxygen atoms in total. The number of benzene rings is 2. The standard InChI is InChI=1S/C23H28N2O4S/c1-17-7-5-8-18(2)23(17)29-16-22(26)25-14-6-9-19-15-20(10-11-21(19)25)30(27,28)24-12-3-4-13-24/h5,7-8,10-11,15H,3-4,6,9,12-14,16H2,1-2H3. The first-order valence-electron chi connectivity index (χ1n) is 10.5. The molecule has 0 radical (unpaired) electrons. The molecule has 2 aliphatic heterocycles. The number of amides is 1. The van der Waals surface area contributed by atoms with Gasteiger partial charge in [-0.25, -0.2) is 8.42 Å². The second-order valence-corrected chi connectivity index (χ2v) is 10.00. The Morgan fingerprint density at radius 2 is 1.70 bits per heavy atom. The van der Waals surface area contributed by atoms with Gasteiger partial charge in [-0.1, -0.05) is 18.2 Å². The van der Waals surface area contributed by atoms with E-state index in [1.165, 1.54) is 0 Å². The molecule has 0 aliphatic carbocycles. The average Bonchev–Trinajstić information content (AvgIpc) is 3.28. The highest BCUT2D eigenvalue weighted by Crippen LogP contribution is 2.31. The molecule has 0 aromatic heterocycles. The van der Waals surface area contributed by atoms with Gasteiger partial charge in [0.2, 0.25) is 10.0 Å². The van der Waals surface area contributed by atoms with Gasteiger partial charge in [-0.15, -0.1) is 0 Å². The van der Waals surface area contributed by atoms with Gasteiger partial charge in [0.1, 0.15) is 5.75 Å². The first-order valence-corrected chi connectivity index (χ1v) is 11.9. The molecule has 2 aliphatic rings. The molecule has 1 saturated heterocycles. The highest BCUT2D eigenvalue weighted by atomic mass is 32.2. The van der Waals surface area contributed by atoms with E-state index in [1.807, 2.05) is 32.0 Å². The van der Waals surface area contributed by atoms with Crippen molar-refractivity contribution in [2.45, 2.75) is 44.4 Å². The Bertz CT molecular complexity index is 1040. The molecular formula is C23H28N2O4S. The van der Waals surface area contributed by atoms with Crippen LogP contribution in [-0.4, -0.2) is 44.9 Å². The van der Waals surface area contributed by atoms with Gasteiger partial charge in [0, 0.05) is 25.3 Å². The van der Waals surface area contributed by atoms with Gasteiger partial charge in [0.25, 0.3) is 5.91 Å². The molecule has 1 fully saturated rings. The number of rotatable bonds is 5. The maximum atomic E-state index is 12.9. The number of anilines is 1. The Hall–Kier alpha value is -2.38. The van der Waals surface area contributed by atoms with E-state index in [9.17, 15) is 13.2 Å². The molecule has 0 saturated carbocycles. The summed E-state index contributed by atoms with van der Waals surface area (Å²) >= 11 is 0. The monoisotopic (exact) mass is 428 g/mol. The summed E-state index contributed by atoms with van der Waals surface area (Å²) in [5, 5.41) is 0. The second kappa shape index (κ2) is 8.40. The molecule has 0 atom stereocenters. The van der Waals surface area contributed by atoms with Crippen LogP contribution in [0.4, 0.5) is 5.69 Å². The van der Waals surface area contributed by atoms with Crippen LogP contribution in [0.25, 0.3) is 0 Å². The van der Waals surface area contributed by atoms with E-state index in [-0.39, 0.29) is 12.5 Å². The predicted octanol–water partition coefficient (Wildman–Crippen LogP) is 3.45. The number of hydrogen-bond acceptors (Lipinski definition) is 4. The van der Waals surface area contributed by atoms with Crippen molar-refractivity contribution in [3.8, 4) is 5.75 Å². The van der Waals surface area contributed by atoms with E-state index in [4.69, 9.17) is 4.74 Å². The molecule has 1 amide bonds. The molecule has 4 rings (SSSR count). The molecule has 2 heterocycles. The van der Waals surface area contributed by atoms with Crippen molar-refractivity contribution in [1.29, 1.82) is 0 Å². The minimum absolute atomic E-state index is 0.0427. The number of hydrogen-bond donors (Lipinski definition) is 0. The average molecular weight is 429 g/mol. The maximum Gasteiger partial charge on any atom is 0.264 e. The van der Waals surface area contributed by atoms with Gasteiger partial charge in [0.05, 0.1) is 4.90 Å². The normalized spacial score (nSPS) is 17.1. The number of nitrogens with zero attached hydrogens (tertiary/aromatic N) is 2. The fourth-order valence-corrected chi connectivity index (χ4v) is 5.88. The summed E-state index contributed by atoms with van der Waals surface area (Å²) in [4.78, 5) is 15.0. The zero-order valence-electron chi connectivity index (χ0n) is 17.6. The van der Waals surface area contributed by atoms with Crippen LogP contribution in [0.2, 0.25) is 0 Å². The summed E-state index contributed by atoms with van der Waals surface area (Å²) in [6.07, 6.45) is 3.38. The second-order valence-electron chi connectivity index (χ2n) is 8.06. The molecule has 2 aromatic rings. The van der Waals surface area contributed by atoms with Gasteiger partial charge in [0.15, 0.2) is 6.61 Å². The summed E-state index contributed by atoms with van der Waals surface area (Å²) in [6, 6.07) is 11.0. The van der Waals surface area contributed by atoms with Crippen LogP contribution >= 0.6 is 0 Å². The maximum absolute atomic E-state index is 12.9. The SMILES string of the molecule is Cc1cccc(C)c1OCC(=O)N1CCCc2cc(S(=O)(=O)N3CCCC3)ccc21. The van der Waals surface area contributed by atoms with Crippen molar-refractivity contribution >= 4 is 21.6 Å². The molecule has 2 aromatic carbocycles. The molecule has 0 unspecified atom stereocenters. The minimum Gasteiger partial charge on any atom is -0.483 e. The van der Waals surface area contributed by atoms with Gasteiger partial charge in [-0.05, 0) is 74.4 Å². The summed E-state index contributed by atoms with van der Waals surface area (Å²) in [6.45, 7) is 5.66. The minimum atomic E-state index is -3.46. The number of carbonyl (C=O) groups excluding carboxylic acids is 1. The van der Waals surface area contributed by atoms with Crippen molar-refractivity contribution in [3.63, 3.8) is 0 Å².